The number of halogens is 2. The van der Waals surface area contributed by atoms with E-state index in [0.29, 0.717) is 49.4 Å². The van der Waals surface area contributed by atoms with Gasteiger partial charge in [-0.05, 0) is 61.6 Å². The van der Waals surface area contributed by atoms with Gasteiger partial charge in [-0.25, -0.2) is 13.8 Å². The molecule has 3 heterocycles. The average Bonchev–Trinajstić information content (AvgIpc) is 3.66. The number of aromatic nitrogens is 3. The first-order valence-corrected chi connectivity index (χ1v) is 13.5. The van der Waals surface area contributed by atoms with Gasteiger partial charge in [-0.3, -0.25) is 4.79 Å². The molecule has 6 rings (SSSR count). The van der Waals surface area contributed by atoms with Crippen molar-refractivity contribution in [2.75, 3.05) is 13.2 Å². The van der Waals surface area contributed by atoms with E-state index in [9.17, 15) is 9.18 Å². The molecule has 0 radical (unpaired) electrons. The van der Waals surface area contributed by atoms with Gasteiger partial charge in [-0.15, -0.1) is 0 Å². The van der Waals surface area contributed by atoms with Crippen molar-refractivity contribution in [3.63, 3.8) is 0 Å². The lowest BCUT2D eigenvalue weighted by Crippen LogP contribution is -2.35. The third kappa shape index (κ3) is 5.09. The van der Waals surface area contributed by atoms with Gasteiger partial charge < -0.3 is 24.5 Å². The summed E-state index contributed by atoms with van der Waals surface area (Å²) in [6.45, 7) is 2.87. The summed E-state index contributed by atoms with van der Waals surface area (Å²) in [6.07, 6.45) is 5.31. The van der Waals surface area contributed by atoms with Crippen LogP contribution in [-0.4, -0.2) is 39.2 Å². The Bertz CT molecular complexity index is 1740. The molecule has 0 spiro atoms. The molecule has 1 saturated heterocycles. The number of nitrogens with zero attached hydrogens (tertiary/aromatic N) is 1. The van der Waals surface area contributed by atoms with Crippen molar-refractivity contribution in [3.8, 4) is 22.9 Å². The Morgan fingerprint density at radius 3 is 2.73 bits per heavy atom. The van der Waals surface area contributed by atoms with Crippen molar-refractivity contribution < 1.29 is 28.2 Å². The van der Waals surface area contributed by atoms with Gasteiger partial charge in [0.2, 0.25) is 0 Å². The summed E-state index contributed by atoms with van der Waals surface area (Å²) < 4.78 is 41.7. The van der Waals surface area contributed by atoms with E-state index in [4.69, 9.17) is 14.6 Å². The van der Waals surface area contributed by atoms with Crippen LogP contribution in [0.2, 0.25) is 0 Å². The maximum absolute atomic E-state index is 15.1. The number of aromatic amines is 2. The molecule has 0 atom stereocenters. The summed E-state index contributed by atoms with van der Waals surface area (Å²) in [4.78, 5) is 22.0. The summed E-state index contributed by atoms with van der Waals surface area (Å²) in [5.74, 6) is -1.16. The first-order valence-electron chi connectivity index (χ1n) is 13.5. The molecule has 1 aliphatic heterocycles. The number of carboxylic acids is 1. The number of aryl methyl sites for hydroxylation is 2. The molecule has 0 bridgehead atoms. The Balaban J connectivity index is 1.34. The van der Waals surface area contributed by atoms with Gasteiger partial charge in [0.05, 0.1) is 5.56 Å². The van der Waals surface area contributed by atoms with Crippen LogP contribution in [0.5, 0.6) is 11.5 Å². The van der Waals surface area contributed by atoms with E-state index in [0.717, 1.165) is 22.2 Å². The van der Waals surface area contributed by atoms with Crippen LogP contribution in [0.3, 0.4) is 0 Å². The van der Waals surface area contributed by atoms with Crippen molar-refractivity contribution >= 4 is 16.9 Å². The second-order valence-electron chi connectivity index (χ2n) is 10.4. The van der Waals surface area contributed by atoms with Crippen LogP contribution in [0.15, 0.2) is 67.0 Å². The zero-order valence-corrected chi connectivity index (χ0v) is 22.5. The number of aliphatic carboxylic acids is 1. The quantitative estimate of drug-likeness (QED) is 0.190. The number of hydrogen-bond acceptors (Lipinski definition) is 4. The standard InChI is InChI=1S/C32H29F2N3O4/c1-19-23-9-12-35-27(23)17-26(34)30(19)41-22-6-7-25(33)24(16-22)31-36-18-28(37-31)32(10-13-40-14-11-32)21-4-2-3-20(15-21)5-8-29(38)39/h2-4,6-7,9,12,15-18,35H,5,8,10-11,13-14H2,1H3,(H,36,37)(H,38,39). The minimum atomic E-state index is -0.842. The third-order valence-corrected chi connectivity index (χ3v) is 7.97. The molecule has 0 saturated carbocycles. The fraction of sp³-hybridized carbons (Fsp3) is 0.250. The average molecular weight is 558 g/mol. The highest BCUT2D eigenvalue weighted by Gasteiger charge is 2.38. The number of ether oxygens (including phenoxy) is 2. The normalized spacial score (nSPS) is 14.8. The van der Waals surface area contributed by atoms with Crippen molar-refractivity contribution in [1.29, 1.82) is 0 Å². The van der Waals surface area contributed by atoms with E-state index >= 15 is 4.39 Å². The Hall–Kier alpha value is -4.50. The zero-order chi connectivity index (χ0) is 28.6. The predicted molar refractivity (Wildman–Crippen MR) is 150 cm³/mol. The fourth-order valence-corrected chi connectivity index (χ4v) is 5.73. The van der Waals surface area contributed by atoms with E-state index in [1.165, 1.54) is 24.3 Å². The molecule has 7 nitrogen and oxygen atoms in total. The maximum Gasteiger partial charge on any atom is 0.303 e. The highest BCUT2D eigenvalue weighted by atomic mass is 19.1. The van der Waals surface area contributed by atoms with Gasteiger partial charge in [0, 0.05) is 65.7 Å². The number of carboxylic acid groups (broad SMARTS) is 1. The van der Waals surface area contributed by atoms with Crippen molar-refractivity contribution in [2.24, 2.45) is 0 Å². The highest BCUT2D eigenvalue weighted by Crippen LogP contribution is 2.42. The molecular formula is C32H29F2N3O4. The molecule has 5 aromatic rings. The molecule has 2 aromatic heterocycles. The lowest BCUT2D eigenvalue weighted by molar-refractivity contribution is -0.136. The molecule has 9 heteroatoms. The van der Waals surface area contributed by atoms with E-state index in [-0.39, 0.29) is 23.5 Å². The smallest absolute Gasteiger partial charge is 0.303 e. The highest BCUT2D eigenvalue weighted by molar-refractivity contribution is 5.85. The number of rotatable bonds is 8. The van der Waals surface area contributed by atoms with Crippen LogP contribution in [0.1, 0.15) is 41.6 Å². The molecule has 0 aliphatic carbocycles. The number of fused-ring (bicyclic) bond motifs is 1. The molecular weight excluding hydrogens is 528 g/mol. The Morgan fingerprint density at radius 2 is 1.93 bits per heavy atom. The first kappa shape index (κ1) is 26.7. The molecule has 0 unspecified atom stereocenters. The van der Waals surface area contributed by atoms with Crippen LogP contribution >= 0.6 is 0 Å². The Labute approximate surface area is 235 Å². The van der Waals surface area contributed by atoms with Crippen LogP contribution in [-0.2, 0) is 21.4 Å². The van der Waals surface area contributed by atoms with E-state index in [2.05, 4.69) is 15.0 Å². The van der Waals surface area contributed by atoms with E-state index < -0.39 is 23.0 Å². The third-order valence-electron chi connectivity index (χ3n) is 7.97. The van der Waals surface area contributed by atoms with Crippen molar-refractivity contribution in [1.82, 2.24) is 15.0 Å². The lowest BCUT2D eigenvalue weighted by atomic mass is 9.71. The number of hydrogen-bond donors (Lipinski definition) is 3. The lowest BCUT2D eigenvalue weighted by Gasteiger charge is -2.37. The second kappa shape index (κ2) is 10.8. The Morgan fingerprint density at radius 1 is 1.10 bits per heavy atom. The molecule has 210 valence electrons. The molecule has 1 fully saturated rings. The minimum absolute atomic E-state index is 0.0495. The summed E-state index contributed by atoms with van der Waals surface area (Å²) in [6, 6.07) is 15.4. The SMILES string of the molecule is Cc1c(Oc2ccc(F)c(-c3ncc(C4(c5cccc(CCC(=O)O)c5)CCOCC4)[nH]3)c2)c(F)cc2[nH]ccc12. The predicted octanol–water partition coefficient (Wildman–Crippen LogP) is 7.05. The summed E-state index contributed by atoms with van der Waals surface area (Å²) in [5.41, 5.74) is 3.83. The minimum Gasteiger partial charge on any atom is -0.481 e. The topological polar surface area (TPSA) is 100 Å². The Kier molecular flexibility index (Phi) is 7.05. The van der Waals surface area contributed by atoms with Gasteiger partial charge in [0.15, 0.2) is 11.6 Å². The first-order chi connectivity index (χ1) is 19.8. The molecule has 1 aliphatic rings. The van der Waals surface area contributed by atoms with Gasteiger partial charge in [-0.2, -0.15) is 0 Å². The summed E-state index contributed by atoms with van der Waals surface area (Å²) in [5, 5.41) is 9.97. The number of nitrogens with one attached hydrogen (secondary N) is 2. The monoisotopic (exact) mass is 557 g/mol. The van der Waals surface area contributed by atoms with E-state index in [1.807, 2.05) is 30.3 Å². The zero-order valence-electron chi connectivity index (χ0n) is 22.5. The molecule has 0 amide bonds. The number of H-pyrrole nitrogens is 2. The number of carbonyl (C=O) groups is 1. The van der Waals surface area contributed by atoms with Gasteiger partial charge in [0.25, 0.3) is 0 Å². The largest absolute Gasteiger partial charge is 0.481 e. The molecule has 41 heavy (non-hydrogen) atoms. The van der Waals surface area contributed by atoms with Gasteiger partial charge >= 0.3 is 5.97 Å². The van der Waals surface area contributed by atoms with Gasteiger partial charge in [-0.1, -0.05) is 24.3 Å². The van der Waals surface area contributed by atoms with Gasteiger partial charge in [0.1, 0.15) is 17.4 Å². The fourth-order valence-electron chi connectivity index (χ4n) is 5.73. The number of imidazole rings is 1. The van der Waals surface area contributed by atoms with Crippen molar-refractivity contribution in [3.05, 3.63) is 101 Å². The second-order valence-corrected chi connectivity index (χ2v) is 10.4. The van der Waals surface area contributed by atoms with Crippen LogP contribution in [0.4, 0.5) is 8.78 Å². The van der Waals surface area contributed by atoms with Crippen LogP contribution < -0.4 is 4.74 Å². The summed E-state index contributed by atoms with van der Waals surface area (Å²) in [7, 11) is 0. The van der Waals surface area contributed by atoms with Crippen molar-refractivity contribution in [2.45, 2.75) is 38.0 Å². The van der Waals surface area contributed by atoms with Crippen LogP contribution in [0, 0.1) is 18.6 Å². The summed E-state index contributed by atoms with van der Waals surface area (Å²) >= 11 is 0. The number of benzene rings is 3. The maximum atomic E-state index is 15.1. The molecule has 3 N–H and O–H groups in total. The molecule has 3 aromatic carbocycles. The van der Waals surface area contributed by atoms with Crippen LogP contribution in [0.25, 0.3) is 22.3 Å². The van der Waals surface area contributed by atoms with E-state index in [1.54, 1.807) is 19.3 Å².